The normalized spacial score (nSPS) is 12.0. The molecule has 0 saturated heterocycles. The second-order valence-electron chi connectivity index (χ2n) is 9.55. The number of nitrogens with one attached hydrogen (secondary N) is 2. The number of amides is 1. The second-order valence-corrected chi connectivity index (χ2v) is 11.0. The molecule has 1 aromatic heterocycles. The third-order valence-electron chi connectivity index (χ3n) is 5.95. The van der Waals surface area contributed by atoms with Gasteiger partial charge < -0.3 is 34.8 Å². The summed E-state index contributed by atoms with van der Waals surface area (Å²) in [5.74, 6) is 2.25. The molecule has 234 valence electrons. The molecule has 0 spiro atoms. The van der Waals surface area contributed by atoms with Gasteiger partial charge in [-0.15, -0.1) is 0 Å². The molecule has 0 saturated carbocycles. The maximum absolute atomic E-state index is 12.2. The Balaban J connectivity index is 0.000000993. The number of likely N-dealkylation sites (N-methyl/N-ethyl adjacent to an activating group) is 2. The monoisotopic (exact) mass is 615 g/mol. The van der Waals surface area contributed by atoms with Crippen molar-refractivity contribution in [2.75, 3.05) is 81.2 Å². The molecule has 1 amide bonds. The first kappa shape index (κ1) is 34.8. The molecule has 0 radical (unpaired) electrons. The average Bonchev–Trinajstić information content (AvgIpc) is 2.95. The predicted molar refractivity (Wildman–Crippen MR) is 172 cm³/mol. The number of carbonyl (C=O) groups excluding carboxylic acids is 1. The van der Waals surface area contributed by atoms with E-state index in [1.54, 1.807) is 13.3 Å². The first-order valence-corrected chi connectivity index (χ1v) is 14.8. The van der Waals surface area contributed by atoms with Crippen molar-refractivity contribution in [3.8, 4) is 11.5 Å². The Kier molecular flexibility index (Phi) is 12.7. The fourth-order valence-corrected chi connectivity index (χ4v) is 3.99. The van der Waals surface area contributed by atoms with Crippen LogP contribution in [0.15, 0.2) is 61.3 Å². The van der Waals surface area contributed by atoms with Crippen molar-refractivity contribution in [1.29, 1.82) is 0 Å². The number of nitrogens with zero attached hydrogens (tertiary/aromatic N) is 5. The van der Waals surface area contributed by atoms with Crippen LogP contribution in [0.5, 0.6) is 11.5 Å². The van der Waals surface area contributed by atoms with Crippen molar-refractivity contribution in [2.45, 2.75) is 7.43 Å². The van der Waals surface area contributed by atoms with Crippen molar-refractivity contribution >= 4 is 50.5 Å². The molecular weight excluding hydrogens is 574 g/mol. The van der Waals surface area contributed by atoms with E-state index >= 15 is 0 Å². The quantitative estimate of drug-likeness (QED) is 0.223. The average molecular weight is 616 g/mol. The minimum absolute atomic E-state index is 0. The van der Waals surface area contributed by atoms with E-state index in [0.717, 1.165) is 36.0 Å². The molecule has 2 aromatic carbocycles. The summed E-state index contributed by atoms with van der Waals surface area (Å²) >= 11 is 0. The first-order valence-electron chi connectivity index (χ1n) is 12.9. The molecule has 4 rings (SSSR count). The fraction of sp³-hybridized carbons (Fsp3) is 0.345. The van der Waals surface area contributed by atoms with Gasteiger partial charge in [-0.1, -0.05) is 26.1 Å². The number of fused-ring (bicyclic) bond motifs is 1. The van der Waals surface area contributed by atoms with Crippen LogP contribution in [0.4, 0.5) is 34.5 Å². The highest BCUT2D eigenvalue weighted by atomic mass is 32.2. The topological polar surface area (TPSA) is 149 Å². The molecule has 3 aromatic rings. The number of ether oxygens (including phenoxy) is 2. The van der Waals surface area contributed by atoms with E-state index in [1.165, 1.54) is 6.08 Å². The van der Waals surface area contributed by atoms with E-state index in [9.17, 15) is 13.2 Å². The molecule has 1 aliphatic heterocycles. The third kappa shape index (κ3) is 10.4. The Labute approximate surface area is 253 Å². The maximum Gasteiger partial charge on any atom is 0.261 e. The fourth-order valence-electron chi connectivity index (χ4n) is 3.99. The molecule has 0 fully saturated rings. The first-order chi connectivity index (χ1) is 19.9. The summed E-state index contributed by atoms with van der Waals surface area (Å²) in [6, 6.07) is 13.5. The van der Waals surface area contributed by atoms with Gasteiger partial charge in [-0.2, -0.15) is 13.4 Å². The Morgan fingerprint density at radius 2 is 1.88 bits per heavy atom. The lowest BCUT2D eigenvalue weighted by molar-refractivity contribution is -0.111. The van der Waals surface area contributed by atoms with E-state index in [4.69, 9.17) is 19.0 Å². The molecule has 14 heteroatoms. The number of aromatic nitrogens is 2. The molecule has 0 unspecified atom stereocenters. The van der Waals surface area contributed by atoms with Gasteiger partial charge in [0.15, 0.2) is 0 Å². The minimum atomic E-state index is -3.67. The highest BCUT2D eigenvalue weighted by molar-refractivity contribution is 7.85. The van der Waals surface area contributed by atoms with Gasteiger partial charge in [-0.3, -0.25) is 9.35 Å². The van der Waals surface area contributed by atoms with E-state index in [0.29, 0.717) is 42.5 Å². The molecule has 13 nitrogen and oxygen atoms in total. The summed E-state index contributed by atoms with van der Waals surface area (Å²) in [5.41, 5.74) is 3.01. The molecular formula is C29H41N7O6S. The molecule has 2 heterocycles. The van der Waals surface area contributed by atoms with Crippen LogP contribution >= 0.6 is 0 Å². The predicted octanol–water partition coefficient (Wildman–Crippen LogP) is 4.02. The van der Waals surface area contributed by atoms with E-state index in [2.05, 4.69) is 36.9 Å². The standard InChI is InChI=1S/C27H33N7O3.CH4O3S.CH4/c1-6-26(35)29-19-17-20(24(36-5)18-22(19)33(4)14-13-32(2)3)30-27-28-12-11-25(31-27)34-15-16-37-23-10-8-7-9-21(23)34;1-5(2,3)4;/h6-12,17-18H,1,13-16H2,2-5H3,(H,29,35)(H,28,30,31);1H3,(H,2,3,4);1H4. The van der Waals surface area contributed by atoms with Gasteiger partial charge in [0, 0.05) is 32.4 Å². The SMILES string of the molecule is C.C=CC(=O)Nc1cc(Nc2nccc(N3CCOc4ccccc43)n2)c(OC)cc1N(C)CCN(C)C.CS(=O)(=O)O. The number of carbonyl (C=O) groups is 1. The van der Waals surface area contributed by atoms with Gasteiger partial charge in [0.1, 0.15) is 23.9 Å². The molecule has 3 N–H and O–H groups in total. The summed E-state index contributed by atoms with van der Waals surface area (Å²) < 4.78 is 37.3. The van der Waals surface area contributed by atoms with E-state index < -0.39 is 10.1 Å². The highest BCUT2D eigenvalue weighted by Crippen LogP contribution is 2.39. The van der Waals surface area contributed by atoms with Crippen LogP contribution in [0.1, 0.15) is 7.43 Å². The van der Waals surface area contributed by atoms with Gasteiger partial charge in [-0.25, -0.2) is 4.98 Å². The number of para-hydroxylation sites is 2. The van der Waals surface area contributed by atoms with Crippen LogP contribution in [0.25, 0.3) is 0 Å². The summed E-state index contributed by atoms with van der Waals surface area (Å²) in [6.45, 7) is 6.41. The lowest BCUT2D eigenvalue weighted by atomic mass is 10.2. The summed E-state index contributed by atoms with van der Waals surface area (Å²) in [5, 5.41) is 6.18. The number of hydrogen-bond acceptors (Lipinski definition) is 11. The van der Waals surface area contributed by atoms with Crippen molar-refractivity contribution in [3.63, 3.8) is 0 Å². The maximum atomic E-state index is 12.2. The second kappa shape index (κ2) is 15.7. The highest BCUT2D eigenvalue weighted by Gasteiger charge is 2.21. The van der Waals surface area contributed by atoms with Crippen molar-refractivity contribution in [2.24, 2.45) is 0 Å². The van der Waals surface area contributed by atoms with E-state index in [-0.39, 0.29) is 13.3 Å². The Morgan fingerprint density at radius 1 is 1.19 bits per heavy atom. The van der Waals surface area contributed by atoms with Gasteiger partial charge in [0.25, 0.3) is 10.1 Å². The molecule has 1 aliphatic rings. The van der Waals surface area contributed by atoms with Crippen molar-refractivity contribution < 1.29 is 27.2 Å². The number of methoxy groups -OCH3 is 1. The minimum Gasteiger partial charge on any atom is -0.494 e. The largest absolute Gasteiger partial charge is 0.494 e. The number of anilines is 6. The smallest absolute Gasteiger partial charge is 0.261 e. The van der Waals surface area contributed by atoms with Crippen LogP contribution in [0, 0.1) is 0 Å². The Bertz CT molecular complexity index is 1490. The molecule has 0 atom stereocenters. The molecule has 43 heavy (non-hydrogen) atoms. The zero-order chi connectivity index (χ0) is 30.9. The van der Waals surface area contributed by atoms with E-state index in [1.807, 2.05) is 63.6 Å². The van der Waals surface area contributed by atoms with Crippen LogP contribution in [-0.2, 0) is 14.9 Å². The third-order valence-corrected chi connectivity index (χ3v) is 5.95. The van der Waals surface area contributed by atoms with Crippen LogP contribution < -0.4 is 29.9 Å². The summed E-state index contributed by atoms with van der Waals surface area (Å²) in [7, 11) is 3.95. The van der Waals surface area contributed by atoms with Crippen molar-refractivity contribution in [3.05, 3.63) is 61.3 Å². The molecule has 0 aliphatic carbocycles. The van der Waals surface area contributed by atoms with Gasteiger partial charge in [-0.05, 0) is 44.4 Å². The van der Waals surface area contributed by atoms with Gasteiger partial charge >= 0.3 is 0 Å². The van der Waals surface area contributed by atoms with Crippen molar-refractivity contribution in [1.82, 2.24) is 14.9 Å². The Morgan fingerprint density at radius 3 is 2.53 bits per heavy atom. The van der Waals surface area contributed by atoms with Crippen LogP contribution in [-0.4, -0.2) is 94.5 Å². The number of rotatable bonds is 10. The lowest BCUT2D eigenvalue weighted by Crippen LogP contribution is -2.29. The Hall–Kier alpha value is -4.40. The number of hydrogen-bond donors (Lipinski definition) is 3. The number of benzene rings is 2. The van der Waals surface area contributed by atoms with Gasteiger partial charge in [0.2, 0.25) is 11.9 Å². The summed E-state index contributed by atoms with van der Waals surface area (Å²) in [6.07, 6.45) is 3.67. The van der Waals surface area contributed by atoms with Crippen LogP contribution in [0.3, 0.4) is 0 Å². The van der Waals surface area contributed by atoms with Crippen LogP contribution in [0.2, 0.25) is 0 Å². The zero-order valence-corrected chi connectivity index (χ0v) is 25.2. The zero-order valence-electron chi connectivity index (χ0n) is 24.4. The van der Waals surface area contributed by atoms with Gasteiger partial charge in [0.05, 0.1) is 42.7 Å². The molecule has 0 bridgehead atoms. The summed E-state index contributed by atoms with van der Waals surface area (Å²) in [4.78, 5) is 27.7. The lowest BCUT2D eigenvalue weighted by Gasteiger charge is -2.30.